The largest absolute Gasteiger partial charge is 0.478 e. The zero-order valence-corrected chi connectivity index (χ0v) is 21.1. The van der Waals surface area contributed by atoms with E-state index in [1.54, 1.807) is 6.08 Å². The number of carboxylic acid groups (broad SMARTS) is 1. The van der Waals surface area contributed by atoms with Crippen molar-refractivity contribution in [1.82, 2.24) is 0 Å². The highest BCUT2D eigenvalue weighted by Crippen LogP contribution is 2.33. The van der Waals surface area contributed by atoms with E-state index >= 15 is 0 Å². The maximum Gasteiger partial charge on any atom is 0.416 e. The predicted molar refractivity (Wildman–Crippen MR) is 141 cm³/mol. The van der Waals surface area contributed by atoms with E-state index in [1.165, 1.54) is 0 Å². The molecule has 1 rings (SSSR count). The van der Waals surface area contributed by atoms with E-state index in [-0.39, 0.29) is 6.42 Å². The molecule has 0 saturated heterocycles. The quantitative estimate of drug-likeness (QED) is 0.135. The van der Waals surface area contributed by atoms with Crippen molar-refractivity contribution in [3.8, 4) is 5.75 Å². The maximum absolute atomic E-state index is 12.9. The minimum absolute atomic E-state index is 0.0858. The average Bonchev–Trinajstić information content (AvgIpc) is 2.84. The van der Waals surface area contributed by atoms with E-state index in [2.05, 4.69) is 55.5 Å². The number of carboxylic acids is 1. The molecule has 0 amide bonds. The van der Waals surface area contributed by atoms with Crippen LogP contribution in [0.3, 0.4) is 0 Å². The number of benzene rings is 1. The van der Waals surface area contributed by atoms with E-state index in [0.29, 0.717) is 25.0 Å². The number of carbonyl (C=O) groups excluding carboxylic acids is 1. The van der Waals surface area contributed by atoms with Crippen molar-refractivity contribution < 1.29 is 32.6 Å². The lowest BCUT2D eigenvalue weighted by Gasteiger charge is -2.11. The first-order valence-corrected chi connectivity index (χ1v) is 12.3. The molecule has 0 aliphatic rings. The van der Waals surface area contributed by atoms with Crippen LogP contribution in [0.25, 0.3) is 0 Å². The van der Waals surface area contributed by atoms with Crippen molar-refractivity contribution in [1.29, 1.82) is 0 Å². The third kappa shape index (κ3) is 15.2. The smallest absolute Gasteiger partial charge is 0.416 e. The zero-order chi connectivity index (χ0) is 27.4. The minimum Gasteiger partial charge on any atom is -0.478 e. The minimum atomic E-state index is -4.68. The summed E-state index contributed by atoms with van der Waals surface area (Å²) < 4.78 is 43.5. The monoisotopic (exact) mass is 516 g/mol. The molecular formula is C30H35F3O4. The molecule has 0 heterocycles. The Morgan fingerprint density at radius 2 is 1.24 bits per heavy atom. The summed E-state index contributed by atoms with van der Waals surface area (Å²) in [5, 5.41) is 9.12. The Bertz CT molecular complexity index is 1010. The predicted octanol–water partition coefficient (Wildman–Crippen LogP) is 8.79. The molecule has 0 bridgehead atoms. The topological polar surface area (TPSA) is 63.6 Å². The molecule has 0 aromatic heterocycles. The number of aromatic carboxylic acids is 1. The van der Waals surface area contributed by atoms with Gasteiger partial charge in [0.1, 0.15) is 11.3 Å². The Labute approximate surface area is 217 Å². The lowest BCUT2D eigenvalue weighted by molar-refractivity contribution is -0.139. The highest BCUT2D eigenvalue weighted by atomic mass is 19.4. The molecule has 1 aromatic carbocycles. The molecule has 0 atom stereocenters. The van der Waals surface area contributed by atoms with Gasteiger partial charge < -0.3 is 9.84 Å². The van der Waals surface area contributed by atoms with E-state index in [1.807, 2.05) is 18.2 Å². The number of carbonyl (C=O) groups is 2. The molecule has 0 unspecified atom stereocenters. The standard InChI is InChI=1S/C30H35F3O4/c1-2-3-4-5-6-7-8-9-10-11-12-13-14-15-16-17-18-19-20-21-28(34)37-27-24-25(30(31,32)33)22-23-26(27)29(35)36/h3-4,6-7,9-10,12-13,15-16,18-19,22-24H,2,5,8,11,14,17,20-21H2,1H3,(H,35,36)/b4-3-,7-6-,10-9-,13-12-,16-15-,19-18-. The second kappa shape index (κ2) is 18.6. The second-order valence-electron chi connectivity index (χ2n) is 7.94. The summed E-state index contributed by atoms with van der Waals surface area (Å²) >= 11 is 0. The first-order valence-electron chi connectivity index (χ1n) is 12.3. The summed E-state index contributed by atoms with van der Waals surface area (Å²) in [7, 11) is 0. The second-order valence-corrected chi connectivity index (χ2v) is 7.94. The van der Waals surface area contributed by atoms with Crippen molar-refractivity contribution in [2.75, 3.05) is 0 Å². The molecule has 0 radical (unpaired) electrons. The van der Waals surface area contributed by atoms with Crippen LogP contribution in [-0.4, -0.2) is 17.0 Å². The summed E-state index contributed by atoms with van der Waals surface area (Å²) in [4.78, 5) is 23.2. The summed E-state index contributed by atoms with van der Waals surface area (Å²) in [5.74, 6) is -2.90. The van der Waals surface area contributed by atoms with Crippen LogP contribution in [0.15, 0.2) is 91.1 Å². The number of hydrogen-bond donors (Lipinski definition) is 1. The van der Waals surface area contributed by atoms with E-state index < -0.39 is 35.0 Å². The summed E-state index contributed by atoms with van der Waals surface area (Å²) in [6.07, 6.45) is 25.7. The highest BCUT2D eigenvalue weighted by Gasteiger charge is 2.32. The Morgan fingerprint density at radius 1 is 0.784 bits per heavy atom. The lowest BCUT2D eigenvalue weighted by Crippen LogP contribution is -2.13. The van der Waals surface area contributed by atoms with Crippen molar-refractivity contribution in [3.63, 3.8) is 0 Å². The van der Waals surface area contributed by atoms with Gasteiger partial charge in [0.2, 0.25) is 0 Å². The van der Waals surface area contributed by atoms with E-state index in [0.717, 1.165) is 38.2 Å². The van der Waals surface area contributed by atoms with Crippen LogP contribution in [0, 0.1) is 0 Å². The van der Waals surface area contributed by atoms with Crippen LogP contribution >= 0.6 is 0 Å². The van der Waals surface area contributed by atoms with Crippen LogP contribution in [0.5, 0.6) is 5.75 Å². The maximum atomic E-state index is 12.9. The first-order chi connectivity index (χ1) is 17.8. The summed E-state index contributed by atoms with van der Waals surface area (Å²) in [6.45, 7) is 2.12. The Hall–Kier alpha value is -3.61. The van der Waals surface area contributed by atoms with E-state index in [4.69, 9.17) is 9.84 Å². The van der Waals surface area contributed by atoms with Gasteiger partial charge in [-0.15, -0.1) is 0 Å². The third-order valence-electron chi connectivity index (χ3n) is 4.87. The molecule has 4 nitrogen and oxygen atoms in total. The average molecular weight is 517 g/mol. The molecule has 1 aromatic rings. The van der Waals surface area contributed by atoms with Gasteiger partial charge in [0, 0.05) is 6.42 Å². The molecule has 7 heteroatoms. The fourth-order valence-electron chi connectivity index (χ4n) is 2.97. The Morgan fingerprint density at radius 3 is 1.68 bits per heavy atom. The molecule has 200 valence electrons. The molecule has 37 heavy (non-hydrogen) atoms. The lowest BCUT2D eigenvalue weighted by atomic mass is 10.1. The number of ether oxygens (including phenoxy) is 1. The first kappa shape index (κ1) is 31.4. The van der Waals surface area contributed by atoms with Crippen LogP contribution in [0.1, 0.15) is 74.2 Å². The van der Waals surface area contributed by atoms with Gasteiger partial charge in [0.05, 0.1) is 5.56 Å². The van der Waals surface area contributed by atoms with Crippen molar-refractivity contribution in [3.05, 3.63) is 102 Å². The zero-order valence-electron chi connectivity index (χ0n) is 21.1. The Kier molecular flexibility index (Phi) is 15.8. The van der Waals surface area contributed by atoms with Gasteiger partial charge in [-0.25, -0.2) is 4.79 Å². The highest BCUT2D eigenvalue weighted by molar-refractivity contribution is 5.92. The molecule has 0 saturated carbocycles. The van der Waals surface area contributed by atoms with Crippen molar-refractivity contribution in [2.24, 2.45) is 0 Å². The number of halogens is 3. The number of esters is 1. The fraction of sp³-hybridized carbons (Fsp3) is 0.333. The van der Waals surface area contributed by atoms with Crippen molar-refractivity contribution >= 4 is 11.9 Å². The van der Waals surface area contributed by atoms with Gasteiger partial charge in [0.15, 0.2) is 0 Å². The van der Waals surface area contributed by atoms with Crippen molar-refractivity contribution in [2.45, 2.75) is 64.5 Å². The van der Waals surface area contributed by atoms with Crippen LogP contribution in [0.2, 0.25) is 0 Å². The molecule has 0 spiro atoms. The SMILES string of the molecule is CC/C=C\C/C=C\C/C=C\C/C=C\C/C=C\C/C=C\CCC(=O)Oc1cc(C(F)(F)F)ccc1C(=O)O. The Balaban J connectivity index is 2.26. The summed E-state index contributed by atoms with van der Waals surface area (Å²) in [5.41, 5.74) is -1.59. The molecule has 0 aliphatic heterocycles. The van der Waals surface area contributed by atoms with Gasteiger partial charge in [0.25, 0.3) is 0 Å². The van der Waals surface area contributed by atoms with Gasteiger partial charge in [-0.05, 0) is 63.1 Å². The fourth-order valence-corrected chi connectivity index (χ4v) is 2.97. The summed E-state index contributed by atoms with van der Waals surface area (Å²) in [6, 6.07) is 1.94. The van der Waals surface area contributed by atoms with E-state index in [9.17, 15) is 22.8 Å². The number of hydrogen-bond acceptors (Lipinski definition) is 3. The number of allylic oxidation sites excluding steroid dienone is 12. The van der Waals surface area contributed by atoms with Crippen LogP contribution in [0.4, 0.5) is 13.2 Å². The molecule has 0 aliphatic carbocycles. The molecule has 1 N–H and O–H groups in total. The van der Waals surface area contributed by atoms with Gasteiger partial charge in [-0.1, -0.05) is 79.8 Å². The van der Waals surface area contributed by atoms with Gasteiger partial charge in [-0.2, -0.15) is 13.2 Å². The van der Waals surface area contributed by atoms with Crippen LogP contribution in [-0.2, 0) is 11.0 Å². The number of alkyl halides is 3. The molecular weight excluding hydrogens is 481 g/mol. The normalized spacial score (nSPS) is 12.9. The van der Waals surface area contributed by atoms with Gasteiger partial charge in [-0.3, -0.25) is 4.79 Å². The van der Waals surface area contributed by atoms with Crippen LogP contribution < -0.4 is 4.74 Å². The van der Waals surface area contributed by atoms with Gasteiger partial charge >= 0.3 is 18.1 Å². The third-order valence-corrected chi connectivity index (χ3v) is 4.87. The number of rotatable bonds is 16. The molecule has 0 fully saturated rings.